The summed E-state index contributed by atoms with van der Waals surface area (Å²) in [5, 5.41) is 7.99. The number of aliphatic imine (C=N–C) groups is 1. The molecule has 0 aromatic carbocycles. The molecule has 5 heteroatoms. The van der Waals surface area contributed by atoms with Crippen LogP contribution in [0.2, 0.25) is 0 Å². The van der Waals surface area contributed by atoms with Gasteiger partial charge in [-0.1, -0.05) is 6.92 Å². The summed E-state index contributed by atoms with van der Waals surface area (Å²) in [7, 11) is 1.88. The Labute approximate surface area is 128 Å². The Hall–Kier alpha value is -1.52. The van der Waals surface area contributed by atoms with Crippen molar-refractivity contribution >= 4 is 5.96 Å². The summed E-state index contributed by atoms with van der Waals surface area (Å²) in [5.41, 5.74) is 2.33. The summed E-state index contributed by atoms with van der Waals surface area (Å²) in [6.45, 7) is 10.6. The molecule has 0 radical (unpaired) electrons. The second kappa shape index (κ2) is 7.48. The quantitative estimate of drug-likeness (QED) is 0.525. The van der Waals surface area contributed by atoms with Crippen molar-refractivity contribution in [3.63, 3.8) is 0 Å². The molecule has 0 bridgehead atoms. The molecule has 0 spiro atoms. The molecule has 0 amide bonds. The smallest absolute Gasteiger partial charge is 0.193 e. The fraction of sp³-hybridized carbons (Fsp3) is 0.750. The molecule has 21 heavy (non-hydrogen) atoms. The third-order valence-corrected chi connectivity index (χ3v) is 4.10. The van der Waals surface area contributed by atoms with Gasteiger partial charge in [0.15, 0.2) is 5.96 Å². The lowest BCUT2D eigenvalue weighted by Crippen LogP contribution is -2.46. The Bertz CT molecular complexity index is 477. The van der Waals surface area contributed by atoms with Gasteiger partial charge in [0.25, 0.3) is 0 Å². The first-order chi connectivity index (χ1) is 10.1. The Morgan fingerprint density at radius 3 is 2.90 bits per heavy atom. The third-order valence-electron chi connectivity index (χ3n) is 4.10. The Morgan fingerprint density at radius 1 is 1.48 bits per heavy atom. The molecule has 1 saturated heterocycles. The van der Waals surface area contributed by atoms with E-state index in [1.54, 1.807) is 0 Å². The monoisotopic (exact) mass is 291 g/mol. The van der Waals surface area contributed by atoms with E-state index in [0.717, 1.165) is 50.2 Å². The van der Waals surface area contributed by atoms with Crippen LogP contribution in [0, 0.1) is 19.8 Å². The van der Waals surface area contributed by atoms with Gasteiger partial charge in [-0.25, -0.2) is 0 Å². The van der Waals surface area contributed by atoms with Gasteiger partial charge in [-0.15, -0.1) is 0 Å². The van der Waals surface area contributed by atoms with Crippen molar-refractivity contribution in [2.24, 2.45) is 10.9 Å². The Kier molecular flexibility index (Phi) is 5.65. The largest absolute Gasteiger partial charge is 0.356 e. The maximum Gasteiger partial charge on any atom is 0.193 e. The molecular weight excluding hydrogens is 262 g/mol. The molecule has 2 rings (SSSR count). The van der Waals surface area contributed by atoms with Gasteiger partial charge >= 0.3 is 0 Å². The Morgan fingerprint density at radius 2 is 2.29 bits per heavy atom. The van der Waals surface area contributed by atoms with Crippen LogP contribution in [0.4, 0.5) is 0 Å². The standard InChI is InChI=1S/C16H29N5/c1-13-7-5-9-20(12-13)16(17-4)18-8-6-10-21-15(3)11-14(2)19-21/h11,13H,5-10,12H2,1-4H3,(H,17,18). The highest BCUT2D eigenvalue weighted by molar-refractivity contribution is 5.79. The molecule has 1 aliphatic rings. The van der Waals surface area contributed by atoms with Crippen LogP contribution in [-0.4, -0.2) is 47.3 Å². The number of hydrogen-bond acceptors (Lipinski definition) is 2. The number of nitrogens with zero attached hydrogens (tertiary/aromatic N) is 4. The van der Waals surface area contributed by atoms with E-state index in [9.17, 15) is 0 Å². The second-order valence-corrected chi connectivity index (χ2v) is 6.17. The fourth-order valence-electron chi connectivity index (χ4n) is 3.04. The fourth-order valence-corrected chi connectivity index (χ4v) is 3.04. The molecule has 0 saturated carbocycles. The van der Waals surface area contributed by atoms with Gasteiger partial charge in [-0.2, -0.15) is 5.10 Å². The molecule has 1 aromatic heterocycles. The van der Waals surface area contributed by atoms with Gasteiger partial charge in [0.2, 0.25) is 0 Å². The summed E-state index contributed by atoms with van der Waals surface area (Å²) in [5.74, 6) is 1.82. The molecule has 2 heterocycles. The lowest BCUT2D eigenvalue weighted by Gasteiger charge is -2.33. The molecule has 118 valence electrons. The van der Waals surface area contributed by atoms with E-state index >= 15 is 0 Å². The number of nitrogens with one attached hydrogen (secondary N) is 1. The number of hydrogen-bond donors (Lipinski definition) is 1. The highest BCUT2D eigenvalue weighted by Gasteiger charge is 2.18. The van der Waals surface area contributed by atoms with Crippen LogP contribution in [0.1, 0.15) is 37.6 Å². The summed E-state index contributed by atoms with van der Waals surface area (Å²) in [6.07, 6.45) is 3.67. The number of guanidine groups is 1. The van der Waals surface area contributed by atoms with Gasteiger partial charge < -0.3 is 10.2 Å². The van der Waals surface area contributed by atoms with Crippen molar-refractivity contribution in [1.82, 2.24) is 20.0 Å². The van der Waals surface area contributed by atoms with Crippen LogP contribution in [0.25, 0.3) is 0 Å². The summed E-state index contributed by atoms with van der Waals surface area (Å²) >= 11 is 0. The molecule has 1 aliphatic heterocycles. The number of rotatable bonds is 4. The van der Waals surface area contributed by atoms with Gasteiger partial charge in [0.1, 0.15) is 0 Å². The van der Waals surface area contributed by atoms with Crippen LogP contribution < -0.4 is 5.32 Å². The molecule has 1 atom stereocenters. The third kappa shape index (κ3) is 4.48. The first-order valence-corrected chi connectivity index (χ1v) is 8.07. The molecule has 0 aliphatic carbocycles. The number of aryl methyl sites for hydroxylation is 3. The lowest BCUT2D eigenvalue weighted by atomic mass is 10.0. The van der Waals surface area contributed by atoms with Gasteiger partial charge in [0.05, 0.1) is 5.69 Å². The predicted octanol–water partition coefficient (Wildman–Crippen LogP) is 2.20. The summed E-state index contributed by atoms with van der Waals surface area (Å²) in [4.78, 5) is 6.81. The SMILES string of the molecule is CN=C(NCCCn1nc(C)cc1C)N1CCCC(C)C1. The lowest BCUT2D eigenvalue weighted by molar-refractivity contribution is 0.266. The molecule has 1 unspecified atom stereocenters. The summed E-state index contributed by atoms with van der Waals surface area (Å²) < 4.78 is 2.09. The van der Waals surface area contributed by atoms with E-state index in [1.165, 1.54) is 18.5 Å². The molecule has 1 N–H and O–H groups in total. The number of likely N-dealkylation sites (tertiary alicyclic amines) is 1. The maximum absolute atomic E-state index is 4.50. The van der Waals surface area contributed by atoms with E-state index in [1.807, 2.05) is 14.0 Å². The van der Waals surface area contributed by atoms with E-state index < -0.39 is 0 Å². The van der Waals surface area contributed by atoms with E-state index in [4.69, 9.17) is 0 Å². The summed E-state index contributed by atoms with van der Waals surface area (Å²) in [6, 6.07) is 2.13. The van der Waals surface area contributed by atoms with Crippen LogP contribution in [0.3, 0.4) is 0 Å². The van der Waals surface area contributed by atoms with Crippen LogP contribution >= 0.6 is 0 Å². The van der Waals surface area contributed by atoms with Crippen molar-refractivity contribution in [3.8, 4) is 0 Å². The second-order valence-electron chi connectivity index (χ2n) is 6.17. The van der Waals surface area contributed by atoms with Crippen molar-refractivity contribution in [2.75, 3.05) is 26.7 Å². The molecule has 1 aromatic rings. The highest BCUT2D eigenvalue weighted by atomic mass is 15.3. The Balaban J connectivity index is 1.75. The zero-order chi connectivity index (χ0) is 15.2. The highest BCUT2D eigenvalue weighted by Crippen LogP contribution is 2.15. The zero-order valence-electron chi connectivity index (χ0n) is 13.9. The minimum Gasteiger partial charge on any atom is -0.356 e. The van der Waals surface area contributed by atoms with Crippen molar-refractivity contribution in [1.29, 1.82) is 0 Å². The van der Waals surface area contributed by atoms with Crippen molar-refractivity contribution in [3.05, 3.63) is 17.5 Å². The minimum atomic E-state index is 0.770. The van der Waals surface area contributed by atoms with E-state index in [-0.39, 0.29) is 0 Å². The normalized spacial score (nSPS) is 19.9. The average Bonchev–Trinajstić information content (AvgIpc) is 2.77. The predicted molar refractivity (Wildman–Crippen MR) is 87.7 cm³/mol. The van der Waals surface area contributed by atoms with Crippen LogP contribution in [0.15, 0.2) is 11.1 Å². The average molecular weight is 291 g/mol. The van der Waals surface area contributed by atoms with E-state index in [0.29, 0.717) is 0 Å². The number of aromatic nitrogens is 2. The van der Waals surface area contributed by atoms with Crippen LogP contribution in [0.5, 0.6) is 0 Å². The van der Waals surface area contributed by atoms with E-state index in [2.05, 4.69) is 44.9 Å². The first-order valence-electron chi connectivity index (χ1n) is 8.07. The maximum atomic E-state index is 4.50. The van der Waals surface area contributed by atoms with Gasteiger partial charge in [-0.3, -0.25) is 9.67 Å². The van der Waals surface area contributed by atoms with Crippen molar-refractivity contribution < 1.29 is 0 Å². The topological polar surface area (TPSA) is 45.5 Å². The molecule has 1 fully saturated rings. The first kappa shape index (κ1) is 15.9. The zero-order valence-corrected chi connectivity index (χ0v) is 13.9. The molecular formula is C16H29N5. The molecule has 5 nitrogen and oxygen atoms in total. The van der Waals surface area contributed by atoms with Crippen LogP contribution in [-0.2, 0) is 6.54 Å². The van der Waals surface area contributed by atoms with Gasteiger partial charge in [0, 0.05) is 38.9 Å². The van der Waals surface area contributed by atoms with Gasteiger partial charge in [-0.05, 0) is 45.1 Å². The minimum absolute atomic E-state index is 0.770. The van der Waals surface area contributed by atoms with Crippen molar-refractivity contribution in [2.45, 2.75) is 46.6 Å². The number of piperidine rings is 1.